The van der Waals surface area contributed by atoms with E-state index in [2.05, 4.69) is 25.3 Å². The SMILES string of the molecule is Cc1ccc2cc(NC(=O)c3cccc(OCc4ccc(N=[N+]=[N-])nc4)c3)ccc2n1. The van der Waals surface area contributed by atoms with Crippen molar-refractivity contribution in [1.82, 2.24) is 9.97 Å². The highest BCUT2D eigenvalue weighted by atomic mass is 16.5. The van der Waals surface area contributed by atoms with Crippen molar-refractivity contribution in [3.8, 4) is 5.75 Å². The Hall–Kier alpha value is -4.42. The van der Waals surface area contributed by atoms with Gasteiger partial charge in [0.2, 0.25) is 0 Å². The Labute approximate surface area is 178 Å². The average Bonchev–Trinajstić information content (AvgIpc) is 2.79. The molecule has 0 atom stereocenters. The molecule has 0 saturated heterocycles. The summed E-state index contributed by atoms with van der Waals surface area (Å²) >= 11 is 0. The molecule has 0 aliphatic heterocycles. The lowest BCUT2D eigenvalue weighted by Gasteiger charge is -2.10. The number of hydrogen-bond donors (Lipinski definition) is 1. The van der Waals surface area contributed by atoms with Gasteiger partial charge in [0.1, 0.15) is 18.2 Å². The van der Waals surface area contributed by atoms with Gasteiger partial charge in [0.25, 0.3) is 5.91 Å². The van der Waals surface area contributed by atoms with E-state index in [4.69, 9.17) is 10.3 Å². The number of pyridine rings is 2. The maximum absolute atomic E-state index is 12.7. The number of benzene rings is 2. The first-order valence-electron chi connectivity index (χ1n) is 9.52. The third-order valence-electron chi connectivity index (χ3n) is 4.54. The molecule has 2 aromatic carbocycles. The zero-order valence-corrected chi connectivity index (χ0v) is 16.7. The fourth-order valence-electron chi connectivity index (χ4n) is 3.01. The minimum atomic E-state index is -0.231. The van der Waals surface area contributed by atoms with Gasteiger partial charge in [-0.05, 0) is 66.1 Å². The standard InChI is InChI=1S/C23H18N6O2/c1-15-5-7-17-11-19(8-9-21(17)26-15)27-23(30)18-3-2-4-20(12-18)31-14-16-6-10-22(25-13-16)28-29-24/h2-13H,14H2,1H3,(H,27,30). The summed E-state index contributed by atoms with van der Waals surface area (Å²) in [7, 11) is 0. The summed E-state index contributed by atoms with van der Waals surface area (Å²) in [5, 5.41) is 7.30. The molecule has 0 bridgehead atoms. The van der Waals surface area contributed by atoms with Crippen LogP contribution in [0.5, 0.6) is 5.75 Å². The summed E-state index contributed by atoms with van der Waals surface area (Å²) in [6.45, 7) is 2.21. The number of hydrogen-bond acceptors (Lipinski definition) is 5. The fourth-order valence-corrected chi connectivity index (χ4v) is 3.01. The molecule has 4 rings (SSSR count). The van der Waals surface area contributed by atoms with E-state index >= 15 is 0 Å². The number of aryl methyl sites for hydroxylation is 1. The third kappa shape index (κ3) is 4.95. The van der Waals surface area contributed by atoms with Gasteiger partial charge in [0.15, 0.2) is 0 Å². The van der Waals surface area contributed by atoms with Gasteiger partial charge in [-0.2, -0.15) is 0 Å². The Morgan fingerprint density at radius 2 is 2.03 bits per heavy atom. The molecule has 0 fully saturated rings. The molecule has 1 N–H and O–H groups in total. The van der Waals surface area contributed by atoms with Crippen LogP contribution in [-0.2, 0) is 6.61 Å². The van der Waals surface area contributed by atoms with Crippen LogP contribution in [0.4, 0.5) is 11.5 Å². The number of carbonyl (C=O) groups is 1. The number of aromatic nitrogens is 2. The van der Waals surface area contributed by atoms with E-state index in [1.165, 1.54) is 0 Å². The fraction of sp³-hybridized carbons (Fsp3) is 0.0870. The van der Waals surface area contributed by atoms with Crippen LogP contribution < -0.4 is 10.1 Å². The highest BCUT2D eigenvalue weighted by Crippen LogP contribution is 2.20. The summed E-state index contributed by atoms with van der Waals surface area (Å²) < 4.78 is 5.77. The van der Waals surface area contributed by atoms with Gasteiger partial charge >= 0.3 is 0 Å². The van der Waals surface area contributed by atoms with Crippen LogP contribution in [0.1, 0.15) is 21.6 Å². The van der Waals surface area contributed by atoms with E-state index < -0.39 is 0 Å². The molecule has 2 aromatic heterocycles. The molecule has 0 aliphatic carbocycles. The number of nitrogens with one attached hydrogen (secondary N) is 1. The average molecular weight is 410 g/mol. The van der Waals surface area contributed by atoms with Crippen LogP contribution in [0.2, 0.25) is 0 Å². The minimum Gasteiger partial charge on any atom is -0.489 e. The van der Waals surface area contributed by atoms with Crippen LogP contribution in [0, 0.1) is 6.92 Å². The summed E-state index contributed by atoms with van der Waals surface area (Å²) in [5.41, 5.74) is 12.2. The molecule has 8 heteroatoms. The normalized spacial score (nSPS) is 10.4. The van der Waals surface area contributed by atoms with Crippen LogP contribution in [0.15, 0.2) is 78.0 Å². The summed E-state index contributed by atoms with van der Waals surface area (Å²) in [4.78, 5) is 23.9. The van der Waals surface area contributed by atoms with Gasteiger partial charge in [0.05, 0.1) is 5.52 Å². The predicted molar refractivity (Wildman–Crippen MR) is 118 cm³/mol. The summed E-state index contributed by atoms with van der Waals surface area (Å²) in [6.07, 6.45) is 1.58. The highest BCUT2D eigenvalue weighted by Gasteiger charge is 2.09. The monoisotopic (exact) mass is 410 g/mol. The Kier molecular flexibility index (Phi) is 5.73. The first kappa shape index (κ1) is 19.9. The number of carbonyl (C=O) groups excluding carboxylic acids is 1. The molecular weight excluding hydrogens is 392 g/mol. The summed E-state index contributed by atoms with van der Waals surface area (Å²) in [5.74, 6) is 0.625. The van der Waals surface area contributed by atoms with Crippen molar-refractivity contribution in [1.29, 1.82) is 0 Å². The Bertz CT molecular complexity index is 1300. The molecule has 8 nitrogen and oxygen atoms in total. The van der Waals surface area contributed by atoms with Crippen LogP contribution in [0.25, 0.3) is 21.3 Å². The second-order valence-electron chi connectivity index (χ2n) is 6.84. The molecule has 0 radical (unpaired) electrons. The lowest BCUT2D eigenvalue weighted by atomic mass is 10.1. The first-order valence-corrected chi connectivity index (χ1v) is 9.52. The molecule has 0 aliphatic rings. The van der Waals surface area contributed by atoms with E-state index in [1.54, 1.807) is 42.6 Å². The lowest BCUT2D eigenvalue weighted by molar-refractivity contribution is 0.102. The van der Waals surface area contributed by atoms with Gasteiger partial charge in [-0.25, -0.2) is 0 Å². The zero-order valence-electron chi connectivity index (χ0n) is 16.7. The molecule has 4 aromatic rings. The Morgan fingerprint density at radius 3 is 2.84 bits per heavy atom. The number of nitrogens with zero attached hydrogens (tertiary/aromatic N) is 5. The third-order valence-corrected chi connectivity index (χ3v) is 4.54. The van der Waals surface area contributed by atoms with Crippen molar-refractivity contribution >= 4 is 28.3 Å². The molecule has 2 heterocycles. The number of azide groups is 1. The van der Waals surface area contributed by atoms with Gasteiger partial charge in [-0.1, -0.05) is 18.2 Å². The number of amides is 1. The van der Waals surface area contributed by atoms with Gasteiger partial charge < -0.3 is 10.1 Å². The lowest BCUT2D eigenvalue weighted by Crippen LogP contribution is -2.12. The van der Waals surface area contributed by atoms with Crippen LogP contribution >= 0.6 is 0 Å². The van der Waals surface area contributed by atoms with E-state index in [-0.39, 0.29) is 12.5 Å². The molecule has 0 spiro atoms. The molecule has 1 amide bonds. The smallest absolute Gasteiger partial charge is 0.255 e. The number of ether oxygens (including phenoxy) is 1. The van der Waals surface area contributed by atoms with Crippen molar-refractivity contribution < 1.29 is 9.53 Å². The molecule has 0 unspecified atom stereocenters. The number of fused-ring (bicyclic) bond motifs is 1. The van der Waals surface area contributed by atoms with Crippen LogP contribution in [0.3, 0.4) is 0 Å². The van der Waals surface area contributed by atoms with Crippen molar-refractivity contribution in [2.45, 2.75) is 13.5 Å². The van der Waals surface area contributed by atoms with Crippen molar-refractivity contribution in [2.24, 2.45) is 5.11 Å². The quantitative estimate of drug-likeness (QED) is 0.249. The van der Waals surface area contributed by atoms with Crippen LogP contribution in [-0.4, -0.2) is 15.9 Å². The molecule has 0 saturated carbocycles. The van der Waals surface area contributed by atoms with Crippen molar-refractivity contribution in [3.05, 3.63) is 100 Å². The largest absolute Gasteiger partial charge is 0.489 e. The van der Waals surface area contributed by atoms with E-state index in [0.717, 1.165) is 22.2 Å². The maximum Gasteiger partial charge on any atom is 0.255 e. The second kappa shape index (κ2) is 8.94. The topological polar surface area (TPSA) is 113 Å². The van der Waals surface area contributed by atoms with Crippen molar-refractivity contribution in [3.63, 3.8) is 0 Å². The minimum absolute atomic E-state index is 0.231. The van der Waals surface area contributed by atoms with E-state index in [9.17, 15) is 4.79 Å². The second-order valence-corrected chi connectivity index (χ2v) is 6.84. The number of rotatable bonds is 6. The molecule has 152 valence electrons. The van der Waals surface area contributed by atoms with E-state index in [1.807, 2.05) is 37.3 Å². The molecule has 31 heavy (non-hydrogen) atoms. The predicted octanol–water partition coefficient (Wildman–Crippen LogP) is 5.71. The van der Waals surface area contributed by atoms with E-state index in [0.29, 0.717) is 22.8 Å². The Balaban J connectivity index is 1.43. The maximum atomic E-state index is 12.7. The van der Waals surface area contributed by atoms with Crippen molar-refractivity contribution in [2.75, 3.05) is 5.32 Å². The molecular formula is C23H18N6O2. The van der Waals surface area contributed by atoms with Gasteiger partial charge in [-0.15, -0.1) is 0 Å². The van der Waals surface area contributed by atoms with Gasteiger partial charge in [-0.3, -0.25) is 14.8 Å². The number of anilines is 1. The van der Waals surface area contributed by atoms with Gasteiger partial charge in [0, 0.05) is 39.0 Å². The summed E-state index contributed by atoms with van der Waals surface area (Å²) in [6, 6.07) is 19.9. The Morgan fingerprint density at radius 1 is 1.13 bits per heavy atom. The highest BCUT2D eigenvalue weighted by molar-refractivity contribution is 6.05. The zero-order chi connectivity index (χ0) is 21.6. The first-order chi connectivity index (χ1) is 15.1.